The highest BCUT2D eigenvalue weighted by Gasteiger charge is 2.51. The molecule has 29 heteroatoms. The van der Waals surface area contributed by atoms with Gasteiger partial charge < -0.3 is 64.8 Å². The summed E-state index contributed by atoms with van der Waals surface area (Å²) in [6.07, 6.45) is 1.42. The smallest absolute Gasteiger partial charge is 0.378 e. The van der Waals surface area contributed by atoms with Crippen LogP contribution in [0.1, 0.15) is 162 Å². The number of hydrogen-bond acceptors (Lipinski definition) is 13. The molecule has 0 unspecified atom stereocenters. The van der Waals surface area contributed by atoms with Gasteiger partial charge in [0, 0.05) is 68.5 Å². The Bertz CT molecular complexity index is 3120. The number of nitrogens with one attached hydrogen (secondary N) is 3. The molecule has 4 aliphatic heterocycles. The van der Waals surface area contributed by atoms with Crippen LogP contribution in [0.5, 0.6) is 0 Å². The van der Waals surface area contributed by atoms with Gasteiger partial charge in [0.05, 0.1) is 43.3 Å². The lowest BCUT2D eigenvalue weighted by Crippen LogP contribution is -2.65. The Morgan fingerprint density at radius 3 is 1.89 bits per heavy atom. The van der Waals surface area contributed by atoms with E-state index in [0.717, 1.165) is 54.0 Å². The van der Waals surface area contributed by atoms with Crippen LogP contribution in [0.3, 0.4) is 0 Å². The summed E-state index contributed by atoms with van der Waals surface area (Å²) in [4.78, 5) is 190. The van der Waals surface area contributed by atoms with E-state index in [2.05, 4.69) is 16.0 Å². The van der Waals surface area contributed by atoms with Gasteiger partial charge in [-0.15, -0.1) is 0 Å². The first kappa shape index (κ1) is 79.2. The number of morpholine rings is 1. The molecule has 4 saturated heterocycles. The largest absolute Gasteiger partial charge is 0.417 e. The number of benzene rings is 1. The molecule has 6 aliphatic rings. The van der Waals surface area contributed by atoms with Crippen molar-refractivity contribution in [1.82, 2.24) is 60.0 Å². The van der Waals surface area contributed by atoms with Crippen LogP contribution in [-0.2, 0) is 74.9 Å². The highest BCUT2D eigenvalue weighted by atomic mass is 35.5. The number of rotatable bonds is 11. The summed E-state index contributed by atoms with van der Waals surface area (Å²) in [6, 6.07) is -6.77. The molecule has 2 saturated carbocycles. The number of alkyl halides is 3. The van der Waals surface area contributed by atoms with Crippen molar-refractivity contribution in [2.75, 3.05) is 94.8 Å². The maximum Gasteiger partial charge on any atom is 0.417 e. The minimum absolute atomic E-state index is 0.0240. The summed E-state index contributed by atoms with van der Waals surface area (Å²) in [5.41, 5.74) is -2.37. The predicted octanol–water partition coefficient (Wildman–Crippen LogP) is 4.49. The summed E-state index contributed by atoms with van der Waals surface area (Å²) in [6.45, 7) is 10.5. The lowest BCUT2D eigenvalue weighted by Gasteiger charge is -2.44. The van der Waals surface area contributed by atoms with Crippen molar-refractivity contribution in [3.63, 3.8) is 0 Å². The molecule has 1 spiro atoms. The second kappa shape index (κ2) is 34.5. The van der Waals surface area contributed by atoms with E-state index in [-0.39, 0.29) is 103 Å². The van der Waals surface area contributed by atoms with Crippen molar-refractivity contribution < 1.29 is 75.4 Å². The SMILES string of the molecule is CC[C@H](C)[C@@H]1NC(=O)[C@H](CC(C)C)N(C)C(=O)C[C@@H](C(=O)N2CCOCC2)N(C)C(=O)[C@H](C(C)C)N(C)C(=O)C2(CCCC2)NC(=O)[C@@H]2CCCN2C(=O)[C@H](CCc2ccc(C(F)(F)F)c(Cl)c2)NC(=O)CN(C)C(=O)[C@H](CC2CCCCC2)N(C)C(=O)[C@@H]2CCN2C(=O)CN(C)C1=O. The topological polar surface area (TPSA) is 279 Å². The number of hydrogen-bond donors (Lipinski definition) is 3. The van der Waals surface area contributed by atoms with Gasteiger partial charge in [0.1, 0.15) is 53.9 Å². The number of amides is 12. The van der Waals surface area contributed by atoms with Crippen molar-refractivity contribution >= 4 is 82.5 Å². The van der Waals surface area contributed by atoms with Crippen molar-refractivity contribution in [1.29, 1.82) is 0 Å². The lowest BCUT2D eigenvalue weighted by atomic mass is 9.84. The number of likely N-dealkylation sites (N-methyl/N-ethyl adjacent to an activating group) is 6. The quantitative estimate of drug-likeness (QED) is 0.276. The van der Waals surface area contributed by atoms with Gasteiger partial charge >= 0.3 is 6.18 Å². The zero-order valence-corrected chi connectivity index (χ0v) is 60.6. The van der Waals surface area contributed by atoms with E-state index in [1.807, 2.05) is 20.8 Å². The third-order valence-corrected chi connectivity index (χ3v) is 21.6. The standard InChI is InChI=1S/C70H106ClF3N12O13/c1-13-44(6)58-66(96)79(8)41-57(89)85-31-27-51(85)64(94)81(10)53(38-45-20-15-14-16-21-45)63(93)78(7)40-55(87)75-49(26-24-46-23-25-47(48(71)37-46)70(72,73)74)62(92)86-30-19-22-50(86)61(91)77-69(28-17-18-29-69)68(98)83(12)59(43(4)5)67(97)82(11)54(65(95)84-32-34-99-35-33-84)39-56(88)80(9)52(36-42(2)3)60(90)76-58/h23,25,37,42-45,49-54,58-59H,13-22,24,26-36,38-41H2,1-12H3,(H,75,87)(H,76,90)(H,77,91)/t44-,49-,50-,51-,52-,53-,54-,58-,59-/m0/s1. The highest BCUT2D eigenvalue weighted by Crippen LogP contribution is 2.37. The van der Waals surface area contributed by atoms with Crippen molar-refractivity contribution in [3.05, 3.63) is 34.3 Å². The number of fused-ring (bicyclic) bond motifs is 2. The average molecular weight is 1420 g/mol. The van der Waals surface area contributed by atoms with Gasteiger partial charge in [-0.2, -0.15) is 13.2 Å². The zero-order valence-electron chi connectivity index (χ0n) is 59.9. The first-order valence-corrected chi connectivity index (χ1v) is 35.8. The highest BCUT2D eigenvalue weighted by molar-refractivity contribution is 6.31. The molecule has 0 bridgehead atoms. The van der Waals surface area contributed by atoms with Crippen LogP contribution in [-0.4, -0.2) is 264 Å². The van der Waals surface area contributed by atoms with Gasteiger partial charge in [-0.1, -0.05) is 111 Å². The van der Waals surface area contributed by atoms with Gasteiger partial charge in [-0.3, -0.25) is 57.5 Å². The van der Waals surface area contributed by atoms with E-state index in [4.69, 9.17) is 16.3 Å². The van der Waals surface area contributed by atoms with Gasteiger partial charge in [-0.05, 0) is 99.2 Å². The number of nitrogens with zero attached hydrogens (tertiary/aromatic N) is 9. The number of carbonyl (C=O) groups excluding carboxylic acids is 12. The van der Waals surface area contributed by atoms with Crippen molar-refractivity contribution in [2.24, 2.45) is 23.7 Å². The molecule has 3 N–H and O–H groups in total. The molecule has 0 radical (unpaired) electrons. The van der Waals surface area contributed by atoms with E-state index < -0.39 is 173 Å². The summed E-state index contributed by atoms with van der Waals surface area (Å²) in [5.74, 6) is -9.13. The van der Waals surface area contributed by atoms with Crippen LogP contribution >= 0.6 is 11.6 Å². The zero-order chi connectivity index (χ0) is 73.1. The second-order valence-corrected chi connectivity index (χ2v) is 29.6. The minimum atomic E-state index is -4.76. The normalized spacial score (nSPS) is 27.2. The molecule has 4 heterocycles. The van der Waals surface area contributed by atoms with E-state index in [1.165, 1.54) is 82.7 Å². The fraction of sp³-hybridized carbons (Fsp3) is 0.743. The summed E-state index contributed by atoms with van der Waals surface area (Å²) in [7, 11) is 8.50. The summed E-state index contributed by atoms with van der Waals surface area (Å²) >= 11 is 6.15. The molecular weight excluding hydrogens is 1310 g/mol. The number of carbonyl (C=O) groups is 12. The first-order chi connectivity index (χ1) is 46.6. The van der Waals surface area contributed by atoms with Gasteiger partial charge in [0.2, 0.25) is 70.9 Å². The third-order valence-electron chi connectivity index (χ3n) is 21.3. The third kappa shape index (κ3) is 19.1. The molecule has 0 aromatic heterocycles. The molecule has 9 atom stereocenters. The van der Waals surface area contributed by atoms with Gasteiger partial charge in [-0.25, -0.2) is 0 Å². The fourth-order valence-corrected chi connectivity index (χ4v) is 15.3. The minimum Gasteiger partial charge on any atom is -0.378 e. The Labute approximate surface area is 585 Å². The van der Waals surface area contributed by atoms with Crippen LogP contribution in [0.15, 0.2) is 18.2 Å². The maximum atomic E-state index is 15.4. The number of aryl methyl sites for hydroxylation is 1. The molecule has 12 amide bonds. The Morgan fingerprint density at radius 2 is 1.30 bits per heavy atom. The molecule has 1 aromatic carbocycles. The monoisotopic (exact) mass is 1410 g/mol. The Kier molecular flexibility index (Phi) is 27.6. The Hall–Kier alpha value is -7.10. The Balaban J connectivity index is 1.27. The van der Waals surface area contributed by atoms with Crippen LogP contribution in [0.2, 0.25) is 5.02 Å². The van der Waals surface area contributed by atoms with Gasteiger partial charge in [0.25, 0.3) is 0 Å². The van der Waals surface area contributed by atoms with Gasteiger partial charge in [0.15, 0.2) is 0 Å². The van der Waals surface area contributed by atoms with E-state index in [1.54, 1.807) is 20.8 Å². The number of ether oxygens (including phenoxy) is 1. The maximum absolute atomic E-state index is 15.4. The predicted molar refractivity (Wildman–Crippen MR) is 361 cm³/mol. The molecule has 552 valence electrons. The molecule has 25 nitrogen and oxygen atoms in total. The number of halogens is 4. The van der Waals surface area contributed by atoms with E-state index >= 15 is 19.2 Å². The van der Waals surface area contributed by atoms with Crippen LogP contribution in [0.4, 0.5) is 13.2 Å². The van der Waals surface area contributed by atoms with Crippen LogP contribution < -0.4 is 16.0 Å². The molecule has 2 aliphatic carbocycles. The summed E-state index contributed by atoms with van der Waals surface area (Å²) in [5, 5.41) is 8.10. The van der Waals surface area contributed by atoms with E-state index in [9.17, 15) is 51.5 Å². The average Bonchev–Trinajstić information content (AvgIpc) is 1.77. The fourth-order valence-electron chi connectivity index (χ4n) is 15.0. The van der Waals surface area contributed by atoms with Crippen LogP contribution in [0.25, 0.3) is 0 Å². The molecule has 7 rings (SSSR count). The first-order valence-electron chi connectivity index (χ1n) is 35.4. The molecule has 99 heavy (non-hydrogen) atoms. The summed E-state index contributed by atoms with van der Waals surface area (Å²) < 4.78 is 47.1. The second-order valence-electron chi connectivity index (χ2n) is 29.2. The molecular formula is C70H106ClF3N12O13. The lowest BCUT2D eigenvalue weighted by molar-refractivity contribution is -0.158. The van der Waals surface area contributed by atoms with Crippen LogP contribution in [0, 0.1) is 23.7 Å². The van der Waals surface area contributed by atoms with Crippen molar-refractivity contribution in [3.8, 4) is 0 Å². The van der Waals surface area contributed by atoms with E-state index in [0.29, 0.717) is 31.2 Å². The molecule has 1 aromatic rings. The Morgan fingerprint density at radius 1 is 0.657 bits per heavy atom. The van der Waals surface area contributed by atoms with Crippen molar-refractivity contribution in [2.45, 2.75) is 217 Å². The molecule has 6 fully saturated rings.